The van der Waals surface area contributed by atoms with E-state index >= 15 is 0 Å². The first-order chi connectivity index (χ1) is 9.52. The van der Waals surface area contributed by atoms with Crippen LogP contribution in [0, 0.1) is 20.8 Å². The summed E-state index contributed by atoms with van der Waals surface area (Å²) >= 11 is 0. The summed E-state index contributed by atoms with van der Waals surface area (Å²) in [5.74, 6) is -0.417. The largest absolute Gasteiger partial charge is 0.461 e. The Morgan fingerprint density at radius 3 is 2.45 bits per heavy atom. The summed E-state index contributed by atoms with van der Waals surface area (Å²) in [6.07, 6.45) is 0.788. The molecule has 2 aromatic rings. The van der Waals surface area contributed by atoms with Crippen molar-refractivity contribution >= 4 is 5.97 Å². The molecule has 0 spiro atoms. The van der Waals surface area contributed by atoms with E-state index in [0.717, 1.165) is 23.2 Å². The molecule has 0 fully saturated rings. The van der Waals surface area contributed by atoms with Crippen LogP contribution in [0.3, 0.4) is 0 Å². The molecule has 106 valence electrons. The van der Waals surface area contributed by atoms with Gasteiger partial charge in [-0.1, -0.05) is 18.2 Å². The SMILES string of the molecule is CCCOC(=O)c1nnn(-c2cc(C)cc(C)c2)c1C. The van der Waals surface area contributed by atoms with E-state index in [2.05, 4.69) is 16.4 Å². The second-order valence-electron chi connectivity index (χ2n) is 4.92. The Morgan fingerprint density at radius 2 is 1.85 bits per heavy atom. The molecule has 0 aliphatic carbocycles. The van der Waals surface area contributed by atoms with Crippen LogP contribution >= 0.6 is 0 Å². The van der Waals surface area contributed by atoms with E-state index < -0.39 is 5.97 Å². The minimum Gasteiger partial charge on any atom is -0.461 e. The standard InChI is InChI=1S/C15H19N3O2/c1-5-6-20-15(19)14-12(4)18(17-16-14)13-8-10(2)7-11(3)9-13/h7-9H,5-6H2,1-4H3. The van der Waals surface area contributed by atoms with Gasteiger partial charge in [0.1, 0.15) is 0 Å². The third-order valence-electron chi connectivity index (χ3n) is 2.98. The van der Waals surface area contributed by atoms with E-state index in [1.807, 2.05) is 39.8 Å². The highest BCUT2D eigenvalue weighted by Crippen LogP contribution is 2.16. The van der Waals surface area contributed by atoms with E-state index in [4.69, 9.17) is 4.74 Å². The third-order valence-corrected chi connectivity index (χ3v) is 2.98. The molecule has 5 heteroatoms. The van der Waals surface area contributed by atoms with Crippen molar-refractivity contribution < 1.29 is 9.53 Å². The number of ether oxygens (including phenoxy) is 1. The molecule has 1 aromatic carbocycles. The Balaban J connectivity index is 2.35. The van der Waals surface area contributed by atoms with E-state index in [1.165, 1.54) is 0 Å². The summed E-state index contributed by atoms with van der Waals surface area (Å²) in [5.41, 5.74) is 4.16. The highest BCUT2D eigenvalue weighted by Gasteiger charge is 2.18. The minimum atomic E-state index is -0.417. The monoisotopic (exact) mass is 273 g/mol. The fourth-order valence-corrected chi connectivity index (χ4v) is 2.10. The van der Waals surface area contributed by atoms with Gasteiger partial charge >= 0.3 is 5.97 Å². The summed E-state index contributed by atoms with van der Waals surface area (Å²) in [6, 6.07) is 6.11. The number of nitrogens with zero attached hydrogens (tertiary/aromatic N) is 3. The van der Waals surface area contributed by atoms with Gasteiger partial charge in [-0.2, -0.15) is 0 Å². The van der Waals surface area contributed by atoms with Crippen LogP contribution in [-0.2, 0) is 4.74 Å². The summed E-state index contributed by atoms with van der Waals surface area (Å²) in [6.45, 7) is 8.22. The molecule has 0 radical (unpaired) electrons. The number of esters is 1. The molecule has 0 saturated heterocycles. The maximum absolute atomic E-state index is 11.9. The van der Waals surface area contributed by atoms with Crippen molar-refractivity contribution in [3.63, 3.8) is 0 Å². The second-order valence-corrected chi connectivity index (χ2v) is 4.92. The second kappa shape index (κ2) is 5.86. The summed E-state index contributed by atoms with van der Waals surface area (Å²) in [4.78, 5) is 11.9. The number of carbonyl (C=O) groups is 1. The fourth-order valence-electron chi connectivity index (χ4n) is 2.10. The molecule has 0 unspecified atom stereocenters. The van der Waals surface area contributed by atoms with Gasteiger partial charge in [-0.05, 0) is 50.5 Å². The van der Waals surface area contributed by atoms with Crippen LogP contribution in [0.2, 0.25) is 0 Å². The summed E-state index contributed by atoms with van der Waals surface area (Å²) in [7, 11) is 0. The van der Waals surface area contributed by atoms with Crippen LogP contribution in [-0.4, -0.2) is 27.6 Å². The Labute approximate surface area is 118 Å². The molecular formula is C15H19N3O2. The lowest BCUT2D eigenvalue weighted by Gasteiger charge is -2.06. The van der Waals surface area contributed by atoms with E-state index in [9.17, 15) is 4.79 Å². The first-order valence-electron chi connectivity index (χ1n) is 6.71. The molecule has 2 rings (SSSR count). The molecule has 0 saturated carbocycles. The van der Waals surface area contributed by atoms with Crippen LogP contribution in [0.5, 0.6) is 0 Å². The van der Waals surface area contributed by atoms with Crippen molar-refractivity contribution in [3.8, 4) is 5.69 Å². The maximum Gasteiger partial charge on any atom is 0.360 e. The Hall–Kier alpha value is -2.17. The van der Waals surface area contributed by atoms with Gasteiger partial charge < -0.3 is 4.74 Å². The van der Waals surface area contributed by atoms with Crippen molar-refractivity contribution in [2.45, 2.75) is 34.1 Å². The predicted octanol–water partition coefficient (Wildman–Crippen LogP) is 2.76. The molecule has 5 nitrogen and oxygen atoms in total. The third kappa shape index (κ3) is 2.87. The lowest BCUT2D eigenvalue weighted by atomic mass is 10.1. The molecule has 20 heavy (non-hydrogen) atoms. The molecule has 1 heterocycles. The van der Waals surface area contributed by atoms with Gasteiger partial charge in [0.25, 0.3) is 0 Å². The molecule has 0 aliphatic heterocycles. The van der Waals surface area contributed by atoms with E-state index in [0.29, 0.717) is 12.3 Å². The Kier molecular flexibility index (Phi) is 4.17. The predicted molar refractivity (Wildman–Crippen MR) is 76.1 cm³/mol. The number of aromatic nitrogens is 3. The number of aryl methyl sites for hydroxylation is 2. The van der Waals surface area contributed by atoms with Gasteiger partial charge in [0.05, 0.1) is 18.0 Å². The summed E-state index contributed by atoms with van der Waals surface area (Å²) < 4.78 is 6.77. The molecule has 0 amide bonds. The maximum atomic E-state index is 11.9. The van der Waals surface area contributed by atoms with Crippen molar-refractivity contribution in [3.05, 3.63) is 40.7 Å². The lowest BCUT2D eigenvalue weighted by Crippen LogP contribution is -2.09. The number of rotatable bonds is 4. The molecule has 1 aromatic heterocycles. The van der Waals surface area contributed by atoms with E-state index in [-0.39, 0.29) is 5.69 Å². The Bertz CT molecular complexity index is 612. The molecule has 0 N–H and O–H groups in total. The number of benzene rings is 1. The Morgan fingerprint density at radius 1 is 1.20 bits per heavy atom. The van der Waals surface area contributed by atoms with Crippen molar-refractivity contribution in [1.29, 1.82) is 0 Å². The minimum absolute atomic E-state index is 0.276. The van der Waals surface area contributed by atoms with Crippen LogP contribution in [0.1, 0.15) is 40.7 Å². The highest BCUT2D eigenvalue weighted by molar-refractivity contribution is 5.88. The summed E-state index contributed by atoms with van der Waals surface area (Å²) in [5, 5.41) is 8.01. The van der Waals surface area contributed by atoms with E-state index in [1.54, 1.807) is 4.68 Å². The van der Waals surface area contributed by atoms with Crippen LogP contribution in [0.4, 0.5) is 0 Å². The number of carbonyl (C=O) groups excluding carboxylic acids is 1. The average molecular weight is 273 g/mol. The number of hydrogen-bond donors (Lipinski definition) is 0. The van der Waals surface area contributed by atoms with Gasteiger partial charge in [-0.15, -0.1) is 5.10 Å². The van der Waals surface area contributed by atoms with Gasteiger partial charge in [0.2, 0.25) is 0 Å². The first kappa shape index (κ1) is 14.2. The average Bonchev–Trinajstić information content (AvgIpc) is 2.76. The topological polar surface area (TPSA) is 57.0 Å². The van der Waals surface area contributed by atoms with Crippen molar-refractivity contribution in [1.82, 2.24) is 15.0 Å². The fraction of sp³-hybridized carbons (Fsp3) is 0.400. The molecular weight excluding hydrogens is 254 g/mol. The number of hydrogen-bond acceptors (Lipinski definition) is 4. The smallest absolute Gasteiger partial charge is 0.360 e. The zero-order chi connectivity index (χ0) is 14.7. The first-order valence-corrected chi connectivity index (χ1v) is 6.71. The van der Waals surface area contributed by atoms with Gasteiger partial charge in [0.15, 0.2) is 5.69 Å². The van der Waals surface area contributed by atoms with Gasteiger partial charge in [-0.25, -0.2) is 9.48 Å². The van der Waals surface area contributed by atoms with Gasteiger partial charge in [0, 0.05) is 0 Å². The molecule has 0 atom stereocenters. The zero-order valence-corrected chi connectivity index (χ0v) is 12.3. The zero-order valence-electron chi connectivity index (χ0n) is 12.3. The van der Waals surface area contributed by atoms with Gasteiger partial charge in [-0.3, -0.25) is 0 Å². The van der Waals surface area contributed by atoms with Crippen LogP contribution in [0.25, 0.3) is 5.69 Å². The van der Waals surface area contributed by atoms with Crippen LogP contribution < -0.4 is 0 Å². The van der Waals surface area contributed by atoms with Crippen molar-refractivity contribution in [2.75, 3.05) is 6.61 Å². The normalized spacial score (nSPS) is 10.6. The highest BCUT2D eigenvalue weighted by atomic mass is 16.5. The molecule has 0 bridgehead atoms. The van der Waals surface area contributed by atoms with Crippen molar-refractivity contribution in [2.24, 2.45) is 0 Å². The molecule has 0 aliphatic rings. The van der Waals surface area contributed by atoms with Crippen LogP contribution in [0.15, 0.2) is 18.2 Å². The lowest BCUT2D eigenvalue weighted by molar-refractivity contribution is 0.0497. The quantitative estimate of drug-likeness (QED) is 0.804.